The van der Waals surface area contributed by atoms with Gasteiger partial charge in [-0.2, -0.15) is 0 Å². The van der Waals surface area contributed by atoms with Gasteiger partial charge in [-0.1, -0.05) is 18.2 Å². The summed E-state index contributed by atoms with van der Waals surface area (Å²) >= 11 is 0. The third-order valence-electron chi connectivity index (χ3n) is 2.31. The molecule has 0 spiro atoms. The van der Waals surface area contributed by atoms with Gasteiger partial charge in [-0.05, 0) is 34.4 Å². The molecule has 0 atom stereocenters. The summed E-state index contributed by atoms with van der Waals surface area (Å²) in [6.45, 7) is 0. The van der Waals surface area contributed by atoms with Gasteiger partial charge in [0.25, 0.3) is 0 Å². The number of rotatable bonds is 0. The van der Waals surface area contributed by atoms with E-state index >= 15 is 0 Å². The van der Waals surface area contributed by atoms with E-state index in [4.69, 9.17) is 5.73 Å². The number of hydrogen-bond acceptors (Lipinski definition) is 1. The van der Waals surface area contributed by atoms with E-state index < -0.39 is 0 Å². The van der Waals surface area contributed by atoms with Gasteiger partial charge >= 0.3 is 0 Å². The van der Waals surface area contributed by atoms with Crippen LogP contribution in [0.1, 0.15) is 0 Å². The van der Waals surface area contributed by atoms with Crippen molar-refractivity contribution in [2.24, 2.45) is 0 Å². The Morgan fingerprint density at radius 3 is 1.91 bits per heavy atom. The molecule has 0 bridgehead atoms. The van der Waals surface area contributed by atoms with Crippen LogP contribution in [0.2, 0.25) is 0 Å². The van der Waals surface area contributed by atoms with Crippen molar-refractivity contribution in [2.45, 2.75) is 0 Å². The van der Waals surface area contributed by atoms with E-state index in [1.54, 1.807) is 0 Å². The van der Waals surface area contributed by atoms with Crippen LogP contribution in [-0.2, 0) is 0 Å². The molecule has 0 radical (unpaired) electrons. The second-order valence-corrected chi connectivity index (χ2v) is 2.97. The van der Waals surface area contributed by atoms with E-state index in [1.807, 2.05) is 12.1 Å². The van der Waals surface area contributed by atoms with Crippen molar-refractivity contribution in [3.05, 3.63) is 30.3 Å². The highest BCUT2D eigenvalue weighted by Gasteiger charge is 2.23. The van der Waals surface area contributed by atoms with Crippen LogP contribution in [0.15, 0.2) is 30.3 Å². The van der Waals surface area contributed by atoms with Crippen molar-refractivity contribution in [1.29, 1.82) is 0 Å². The first-order valence-electron chi connectivity index (χ1n) is 3.69. The minimum absolute atomic E-state index is 0.881. The summed E-state index contributed by atoms with van der Waals surface area (Å²) in [5.74, 6) is 0. The Bertz CT molecular complexity index is 381. The zero-order valence-electron chi connectivity index (χ0n) is 5.96. The standard InChI is InChI=1S/C10H7N/c11-6-4-9-7-2-1-3-8(7)10(9)5-6/h1-5H,11H2. The molecule has 11 heavy (non-hydrogen) atoms. The largest absolute Gasteiger partial charge is 0.399 e. The Kier molecular flexibility index (Phi) is 0.659. The van der Waals surface area contributed by atoms with E-state index in [0.717, 1.165) is 5.69 Å². The van der Waals surface area contributed by atoms with Crippen LogP contribution in [0.3, 0.4) is 0 Å². The molecule has 0 fully saturated rings. The highest BCUT2D eigenvalue weighted by Crippen LogP contribution is 2.50. The smallest absolute Gasteiger partial charge is 0.0326 e. The summed E-state index contributed by atoms with van der Waals surface area (Å²) in [5.41, 5.74) is 11.9. The fourth-order valence-electron chi connectivity index (χ4n) is 1.80. The van der Waals surface area contributed by atoms with Crippen LogP contribution in [-0.4, -0.2) is 0 Å². The SMILES string of the molecule is Nc1cc2c3cccc-3c-2c1. The van der Waals surface area contributed by atoms with Gasteiger partial charge < -0.3 is 5.73 Å². The fourth-order valence-corrected chi connectivity index (χ4v) is 1.80. The lowest BCUT2D eigenvalue weighted by atomic mass is 9.88. The van der Waals surface area contributed by atoms with E-state index in [2.05, 4.69) is 18.2 Å². The van der Waals surface area contributed by atoms with Gasteiger partial charge in [0.1, 0.15) is 0 Å². The Morgan fingerprint density at radius 1 is 0.818 bits per heavy atom. The third kappa shape index (κ3) is 0.442. The van der Waals surface area contributed by atoms with Crippen LogP contribution in [0.5, 0.6) is 0 Å². The maximum atomic E-state index is 5.66. The first kappa shape index (κ1) is 5.19. The van der Waals surface area contributed by atoms with Gasteiger partial charge in [0, 0.05) is 5.69 Å². The van der Waals surface area contributed by atoms with Gasteiger partial charge in [0.15, 0.2) is 0 Å². The maximum Gasteiger partial charge on any atom is 0.0326 e. The van der Waals surface area contributed by atoms with Crippen molar-refractivity contribution in [1.82, 2.24) is 0 Å². The van der Waals surface area contributed by atoms with Gasteiger partial charge in [-0.3, -0.25) is 0 Å². The van der Waals surface area contributed by atoms with Crippen LogP contribution in [0, 0.1) is 0 Å². The average molecular weight is 141 g/mol. The van der Waals surface area contributed by atoms with Crippen LogP contribution in [0.4, 0.5) is 5.69 Å². The minimum Gasteiger partial charge on any atom is -0.399 e. The van der Waals surface area contributed by atoms with Gasteiger partial charge in [-0.15, -0.1) is 0 Å². The molecule has 1 heteroatoms. The first-order valence-corrected chi connectivity index (χ1v) is 3.69. The highest BCUT2D eigenvalue weighted by atomic mass is 14.6. The monoisotopic (exact) mass is 141 g/mol. The number of anilines is 1. The summed E-state index contributed by atoms with van der Waals surface area (Å²) in [6, 6.07) is 10.4. The van der Waals surface area contributed by atoms with E-state index in [0.29, 0.717) is 0 Å². The summed E-state index contributed by atoms with van der Waals surface area (Å²) in [5, 5.41) is 0. The van der Waals surface area contributed by atoms with E-state index in [-0.39, 0.29) is 0 Å². The van der Waals surface area contributed by atoms with Crippen LogP contribution < -0.4 is 5.73 Å². The summed E-state index contributed by atoms with van der Waals surface area (Å²) in [4.78, 5) is 0. The van der Waals surface area contributed by atoms with Crippen LogP contribution in [0.25, 0.3) is 22.3 Å². The van der Waals surface area contributed by atoms with Crippen molar-refractivity contribution < 1.29 is 0 Å². The Labute approximate surface area is 64.8 Å². The van der Waals surface area contributed by atoms with Crippen LogP contribution >= 0.6 is 0 Å². The molecule has 0 amide bonds. The van der Waals surface area contributed by atoms with E-state index in [1.165, 1.54) is 22.3 Å². The Morgan fingerprint density at radius 2 is 1.36 bits per heavy atom. The zero-order chi connectivity index (χ0) is 7.42. The fraction of sp³-hybridized carbons (Fsp3) is 0. The van der Waals surface area contributed by atoms with Crippen molar-refractivity contribution in [2.75, 3.05) is 5.73 Å². The predicted octanol–water partition coefficient (Wildman–Crippen LogP) is 2.35. The molecule has 0 aromatic rings. The summed E-state index contributed by atoms with van der Waals surface area (Å²) < 4.78 is 0. The summed E-state index contributed by atoms with van der Waals surface area (Å²) in [6.07, 6.45) is 0. The van der Waals surface area contributed by atoms with Crippen molar-refractivity contribution >= 4 is 5.69 Å². The quantitative estimate of drug-likeness (QED) is 0.511. The second-order valence-electron chi connectivity index (χ2n) is 2.97. The molecule has 0 aliphatic heterocycles. The molecule has 2 N–H and O–H groups in total. The Balaban J connectivity index is 2.47. The predicted molar refractivity (Wildman–Crippen MR) is 46.5 cm³/mol. The number of hydrogen-bond donors (Lipinski definition) is 1. The van der Waals surface area contributed by atoms with E-state index in [9.17, 15) is 0 Å². The van der Waals surface area contributed by atoms with Gasteiger partial charge in [-0.25, -0.2) is 0 Å². The zero-order valence-corrected chi connectivity index (χ0v) is 5.96. The highest BCUT2D eigenvalue weighted by molar-refractivity contribution is 6.05. The average Bonchev–Trinajstić information content (AvgIpc) is 2.49. The molecule has 0 unspecified atom stereocenters. The number of nitrogens with two attached hydrogens (primary N) is 1. The minimum atomic E-state index is 0.881. The number of fused-ring (bicyclic) bond motifs is 4. The molecule has 0 aromatic carbocycles. The van der Waals surface area contributed by atoms with Gasteiger partial charge in [0.05, 0.1) is 0 Å². The maximum absolute atomic E-state index is 5.66. The molecule has 0 aromatic heterocycles. The molecule has 3 rings (SSSR count). The lowest BCUT2D eigenvalue weighted by molar-refractivity contribution is 1.69. The molecule has 3 aliphatic carbocycles. The molecule has 1 nitrogen and oxygen atoms in total. The number of nitrogen functional groups attached to an aromatic ring is 1. The normalized spacial score (nSPS) is 12.0. The summed E-state index contributed by atoms with van der Waals surface area (Å²) in [7, 11) is 0. The lowest BCUT2D eigenvalue weighted by Crippen LogP contribution is -1.87. The van der Waals surface area contributed by atoms with Crippen molar-refractivity contribution in [3.63, 3.8) is 0 Å². The molecular formula is C10H7N. The van der Waals surface area contributed by atoms with Crippen molar-refractivity contribution in [3.8, 4) is 22.3 Å². The molecule has 3 aliphatic rings. The topological polar surface area (TPSA) is 26.0 Å². The second kappa shape index (κ2) is 1.40. The molecular weight excluding hydrogens is 134 g/mol. The Hall–Kier alpha value is -1.50. The molecule has 0 heterocycles. The lowest BCUT2D eigenvalue weighted by Gasteiger charge is -2.14. The molecule has 52 valence electrons. The molecule has 0 saturated heterocycles. The van der Waals surface area contributed by atoms with Gasteiger partial charge in [0.2, 0.25) is 0 Å². The first-order chi connectivity index (χ1) is 5.36. The third-order valence-corrected chi connectivity index (χ3v) is 2.31. The molecule has 0 saturated carbocycles.